The van der Waals surface area contributed by atoms with Gasteiger partial charge in [-0.15, -0.1) is 0 Å². The average molecular weight is 173 g/mol. The first-order chi connectivity index (χ1) is 6.36. The summed E-state index contributed by atoms with van der Waals surface area (Å²) in [6, 6.07) is 5.95. The van der Waals surface area contributed by atoms with E-state index in [-0.39, 0.29) is 0 Å². The summed E-state index contributed by atoms with van der Waals surface area (Å²) in [7, 11) is 0. The van der Waals surface area contributed by atoms with Gasteiger partial charge in [-0.05, 0) is 24.6 Å². The first-order valence-corrected chi connectivity index (χ1v) is 4.24. The lowest BCUT2D eigenvalue weighted by Gasteiger charge is -2.03. The van der Waals surface area contributed by atoms with Gasteiger partial charge < -0.3 is 0 Å². The first-order valence-electron chi connectivity index (χ1n) is 4.24. The molecule has 0 fully saturated rings. The van der Waals surface area contributed by atoms with Gasteiger partial charge >= 0.3 is 0 Å². The van der Waals surface area contributed by atoms with Gasteiger partial charge in [-0.3, -0.25) is 9.67 Å². The topological polar surface area (TPSA) is 30.7 Å². The van der Waals surface area contributed by atoms with Crippen LogP contribution in [0.5, 0.6) is 0 Å². The van der Waals surface area contributed by atoms with Crippen molar-refractivity contribution < 1.29 is 0 Å². The second-order valence-electron chi connectivity index (χ2n) is 2.95. The third-order valence-electron chi connectivity index (χ3n) is 2.01. The van der Waals surface area contributed by atoms with Gasteiger partial charge in [0.15, 0.2) is 0 Å². The lowest BCUT2D eigenvalue weighted by atomic mass is 10.2. The molecule has 0 spiro atoms. The molecule has 2 aromatic rings. The number of pyridine rings is 1. The van der Waals surface area contributed by atoms with E-state index >= 15 is 0 Å². The predicted molar refractivity (Wildman–Crippen MR) is 50.3 cm³/mol. The number of rotatable bonds is 2. The fraction of sp³-hybridized carbons (Fsp3) is 0.200. The van der Waals surface area contributed by atoms with Gasteiger partial charge in [0.2, 0.25) is 0 Å². The molecule has 0 bridgehead atoms. The lowest BCUT2D eigenvalue weighted by Crippen LogP contribution is -2.02. The summed E-state index contributed by atoms with van der Waals surface area (Å²) in [5.74, 6) is 0. The molecule has 0 unspecified atom stereocenters. The van der Waals surface area contributed by atoms with E-state index in [9.17, 15) is 0 Å². The highest BCUT2D eigenvalue weighted by Crippen LogP contribution is 2.04. The van der Waals surface area contributed by atoms with Crippen LogP contribution < -0.4 is 0 Å². The smallest absolute Gasteiger partial charge is 0.0677 e. The molecule has 0 aliphatic carbocycles. The van der Waals surface area contributed by atoms with Crippen molar-refractivity contribution in [3.05, 3.63) is 48.0 Å². The van der Waals surface area contributed by atoms with Crippen LogP contribution in [0.4, 0.5) is 0 Å². The summed E-state index contributed by atoms with van der Waals surface area (Å²) in [6.07, 6.45) is 5.54. The monoisotopic (exact) mass is 173 g/mol. The minimum atomic E-state index is 0.798. The summed E-state index contributed by atoms with van der Waals surface area (Å²) >= 11 is 0. The molecule has 0 aliphatic heterocycles. The lowest BCUT2D eigenvalue weighted by molar-refractivity contribution is 0.681. The first kappa shape index (κ1) is 7.98. The van der Waals surface area contributed by atoms with Crippen molar-refractivity contribution >= 4 is 0 Å². The summed E-state index contributed by atoms with van der Waals surface area (Å²) in [6.45, 7) is 2.81. The standard InChI is InChI=1S/C10H11N3/c1-9-10(4-2-5-11-9)8-13-7-3-6-12-13/h2-7H,8H2,1H3. The van der Waals surface area contributed by atoms with Crippen LogP contribution in [0, 0.1) is 6.92 Å². The average Bonchev–Trinajstić information content (AvgIpc) is 2.61. The maximum atomic E-state index is 4.22. The summed E-state index contributed by atoms with van der Waals surface area (Å²) < 4.78 is 1.89. The van der Waals surface area contributed by atoms with Crippen LogP contribution in [0.1, 0.15) is 11.3 Å². The van der Waals surface area contributed by atoms with Crippen LogP contribution in [-0.2, 0) is 6.54 Å². The fourth-order valence-electron chi connectivity index (χ4n) is 1.25. The van der Waals surface area contributed by atoms with E-state index < -0.39 is 0 Å². The van der Waals surface area contributed by atoms with Crippen molar-refractivity contribution in [3.8, 4) is 0 Å². The summed E-state index contributed by atoms with van der Waals surface area (Å²) in [5.41, 5.74) is 2.28. The van der Waals surface area contributed by atoms with Gasteiger partial charge in [0.05, 0.1) is 6.54 Å². The summed E-state index contributed by atoms with van der Waals surface area (Å²) in [4.78, 5) is 4.22. The van der Waals surface area contributed by atoms with Crippen molar-refractivity contribution in [3.63, 3.8) is 0 Å². The highest BCUT2D eigenvalue weighted by Gasteiger charge is 1.98. The molecule has 0 radical (unpaired) electrons. The highest BCUT2D eigenvalue weighted by atomic mass is 15.3. The molecule has 0 amide bonds. The third-order valence-corrected chi connectivity index (χ3v) is 2.01. The third kappa shape index (κ3) is 1.75. The molecule has 0 saturated heterocycles. The molecule has 0 aliphatic rings. The molecule has 3 heteroatoms. The zero-order valence-electron chi connectivity index (χ0n) is 7.51. The molecule has 0 atom stereocenters. The SMILES string of the molecule is Cc1ncccc1Cn1cccn1. The van der Waals surface area contributed by atoms with E-state index in [0.717, 1.165) is 12.2 Å². The number of hydrogen-bond donors (Lipinski definition) is 0. The van der Waals surface area contributed by atoms with Crippen LogP contribution in [0.2, 0.25) is 0 Å². The molecular formula is C10H11N3. The van der Waals surface area contributed by atoms with Crippen LogP contribution in [0.25, 0.3) is 0 Å². The minimum absolute atomic E-state index is 0.798. The Kier molecular flexibility index (Phi) is 2.08. The second kappa shape index (κ2) is 3.39. The Balaban J connectivity index is 2.24. The number of aromatic nitrogens is 3. The van der Waals surface area contributed by atoms with Gasteiger partial charge in [0, 0.05) is 24.3 Å². The van der Waals surface area contributed by atoms with Crippen molar-refractivity contribution in [2.75, 3.05) is 0 Å². The maximum absolute atomic E-state index is 4.22. The highest BCUT2D eigenvalue weighted by molar-refractivity contribution is 5.18. The second-order valence-corrected chi connectivity index (χ2v) is 2.95. The Labute approximate surface area is 77.0 Å². The molecule has 2 rings (SSSR count). The Hall–Kier alpha value is -1.64. The van der Waals surface area contributed by atoms with Gasteiger partial charge in [0.25, 0.3) is 0 Å². The molecule has 3 nitrogen and oxygen atoms in total. The van der Waals surface area contributed by atoms with E-state index in [2.05, 4.69) is 16.1 Å². The molecular weight excluding hydrogens is 162 g/mol. The Morgan fingerprint density at radius 2 is 2.23 bits per heavy atom. The van der Waals surface area contributed by atoms with Gasteiger partial charge in [-0.25, -0.2) is 0 Å². The van der Waals surface area contributed by atoms with Crippen LogP contribution in [0.3, 0.4) is 0 Å². The molecule has 0 aromatic carbocycles. The Morgan fingerprint density at radius 3 is 2.92 bits per heavy atom. The molecule has 13 heavy (non-hydrogen) atoms. The Bertz CT molecular complexity index is 379. The quantitative estimate of drug-likeness (QED) is 0.691. The predicted octanol–water partition coefficient (Wildman–Crippen LogP) is 1.63. The molecule has 0 saturated carbocycles. The normalized spacial score (nSPS) is 10.2. The van der Waals surface area contributed by atoms with Crippen molar-refractivity contribution in [2.24, 2.45) is 0 Å². The van der Waals surface area contributed by atoms with Gasteiger partial charge in [-0.2, -0.15) is 5.10 Å². The minimum Gasteiger partial charge on any atom is -0.268 e. The Morgan fingerprint density at radius 1 is 1.31 bits per heavy atom. The molecule has 0 N–H and O–H groups in total. The zero-order valence-corrected chi connectivity index (χ0v) is 7.51. The number of aryl methyl sites for hydroxylation is 1. The van der Waals surface area contributed by atoms with Gasteiger partial charge in [-0.1, -0.05) is 6.07 Å². The van der Waals surface area contributed by atoms with Crippen LogP contribution >= 0.6 is 0 Å². The van der Waals surface area contributed by atoms with E-state index in [0.29, 0.717) is 0 Å². The van der Waals surface area contributed by atoms with E-state index in [1.54, 1.807) is 6.20 Å². The molecule has 2 heterocycles. The van der Waals surface area contributed by atoms with E-state index in [4.69, 9.17) is 0 Å². The van der Waals surface area contributed by atoms with Crippen molar-refractivity contribution in [2.45, 2.75) is 13.5 Å². The fourth-order valence-corrected chi connectivity index (χ4v) is 1.25. The van der Waals surface area contributed by atoms with Crippen molar-refractivity contribution in [1.82, 2.24) is 14.8 Å². The molecule has 66 valence electrons. The summed E-state index contributed by atoms with van der Waals surface area (Å²) in [5, 5.41) is 4.14. The number of nitrogens with zero attached hydrogens (tertiary/aromatic N) is 3. The van der Waals surface area contributed by atoms with Gasteiger partial charge in [0.1, 0.15) is 0 Å². The van der Waals surface area contributed by atoms with Crippen LogP contribution in [-0.4, -0.2) is 14.8 Å². The van der Waals surface area contributed by atoms with E-state index in [1.807, 2.05) is 36.1 Å². The van der Waals surface area contributed by atoms with Crippen molar-refractivity contribution in [1.29, 1.82) is 0 Å². The molecule has 2 aromatic heterocycles. The number of hydrogen-bond acceptors (Lipinski definition) is 2. The van der Waals surface area contributed by atoms with Crippen LogP contribution in [0.15, 0.2) is 36.8 Å². The largest absolute Gasteiger partial charge is 0.268 e. The van der Waals surface area contributed by atoms with E-state index in [1.165, 1.54) is 5.56 Å². The maximum Gasteiger partial charge on any atom is 0.0677 e. The zero-order chi connectivity index (χ0) is 9.10.